The molecule has 0 saturated heterocycles. The number of hydrogen-bond acceptors (Lipinski definition) is 3. The van der Waals surface area contributed by atoms with Gasteiger partial charge in [-0.2, -0.15) is 0 Å². The lowest BCUT2D eigenvalue weighted by Gasteiger charge is -1.95. The second-order valence-electron chi connectivity index (χ2n) is 1.89. The van der Waals surface area contributed by atoms with Crippen molar-refractivity contribution in [2.45, 2.75) is 4.21 Å². The lowest BCUT2D eigenvalue weighted by molar-refractivity contribution is 0.590. The van der Waals surface area contributed by atoms with Gasteiger partial charge in [0.2, 0.25) is 10.0 Å². The molecule has 1 heterocycles. The molecule has 1 rings (SSSR count). The minimum absolute atomic E-state index is 0.125. The smallest absolute Gasteiger partial charge is 0.214 e. The van der Waals surface area contributed by atoms with Crippen LogP contribution in [0.3, 0.4) is 0 Å². The largest absolute Gasteiger partial charge is 0.249 e. The first-order chi connectivity index (χ1) is 5.47. The van der Waals surface area contributed by atoms with E-state index >= 15 is 0 Å². The molecule has 0 spiro atoms. The average molecular weight is 246 g/mol. The molecule has 7 heteroatoms. The Morgan fingerprint density at radius 3 is 2.42 bits per heavy atom. The predicted octanol–water partition coefficient (Wildman–Crippen LogP) is 1.96. The maximum absolute atomic E-state index is 11.1. The maximum Gasteiger partial charge on any atom is 0.249 e. The van der Waals surface area contributed by atoms with Gasteiger partial charge in [0.1, 0.15) is 8.55 Å². The molecule has 0 saturated carbocycles. The molecule has 68 valence electrons. The molecule has 0 amide bonds. The number of thiophene rings is 1. The van der Waals surface area contributed by atoms with E-state index < -0.39 is 10.0 Å². The molecule has 0 atom stereocenters. The van der Waals surface area contributed by atoms with E-state index in [1.165, 1.54) is 13.1 Å². The highest BCUT2D eigenvalue weighted by Gasteiger charge is 2.16. The maximum atomic E-state index is 11.1. The molecule has 0 aliphatic carbocycles. The molecule has 0 aliphatic rings. The van der Waals surface area contributed by atoms with Crippen molar-refractivity contribution in [3.05, 3.63) is 15.4 Å². The Hall–Kier alpha value is 0.190. The fraction of sp³-hybridized carbons (Fsp3) is 0.200. The summed E-state index contributed by atoms with van der Waals surface area (Å²) < 4.78 is 24.9. The molecule has 0 aliphatic heterocycles. The Bertz CT molecular complexity index is 365. The van der Waals surface area contributed by atoms with Gasteiger partial charge in [-0.1, -0.05) is 23.2 Å². The summed E-state index contributed by atoms with van der Waals surface area (Å²) in [5.74, 6) is 0. The van der Waals surface area contributed by atoms with Gasteiger partial charge < -0.3 is 0 Å². The van der Waals surface area contributed by atoms with Crippen LogP contribution < -0.4 is 4.72 Å². The van der Waals surface area contributed by atoms with Crippen LogP contribution in [0, 0.1) is 0 Å². The van der Waals surface area contributed by atoms with Crippen molar-refractivity contribution in [2.24, 2.45) is 0 Å². The van der Waals surface area contributed by atoms with Crippen LogP contribution >= 0.6 is 34.5 Å². The van der Waals surface area contributed by atoms with E-state index in [4.69, 9.17) is 23.2 Å². The predicted molar refractivity (Wildman–Crippen MR) is 50.6 cm³/mol. The topological polar surface area (TPSA) is 46.2 Å². The monoisotopic (exact) mass is 245 g/mol. The quantitative estimate of drug-likeness (QED) is 0.867. The number of nitrogens with one attached hydrogen (secondary N) is 1. The fourth-order valence-corrected chi connectivity index (χ4v) is 3.28. The van der Waals surface area contributed by atoms with E-state index in [0.29, 0.717) is 0 Å². The van der Waals surface area contributed by atoms with E-state index in [0.717, 1.165) is 11.3 Å². The summed E-state index contributed by atoms with van der Waals surface area (Å²) in [6.45, 7) is 0. The zero-order chi connectivity index (χ0) is 9.35. The summed E-state index contributed by atoms with van der Waals surface area (Å²) in [5.41, 5.74) is 0. The molecular formula is C5H5Cl2NO2S2. The fourth-order valence-electron chi connectivity index (χ4n) is 0.560. The third-order valence-electron chi connectivity index (χ3n) is 1.16. The van der Waals surface area contributed by atoms with Crippen LogP contribution in [0.5, 0.6) is 0 Å². The minimum Gasteiger partial charge on any atom is -0.214 e. The van der Waals surface area contributed by atoms with Crippen LogP contribution in [0.15, 0.2) is 10.3 Å². The SMILES string of the molecule is CNS(=O)(=O)c1cc(Cl)c(Cl)s1. The first kappa shape index (κ1) is 10.3. The Kier molecular flexibility index (Phi) is 3.01. The molecule has 0 bridgehead atoms. The second-order valence-corrected chi connectivity index (χ2v) is 6.07. The van der Waals surface area contributed by atoms with Gasteiger partial charge in [0, 0.05) is 0 Å². The number of hydrogen-bond donors (Lipinski definition) is 1. The van der Waals surface area contributed by atoms with Gasteiger partial charge in [-0.3, -0.25) is 0 Å². The number of sulfonamides is 1. The molecule has 12 heavy (non-hydrogen) atoms. The molecule has 1 N–H and O–H groups in total. The summed E-state index contributed by atoms with van der Waals surface area (Å²) >= 11 is 12.1. The van der Waals surface area contributed by atoms with Crippen molar-refractivity contribution in [2.75, 3.05) is 7.05 Å². The van der Waals surface area contributed by atoms with Crippen molar-refractivity contribution >= 4 is 44.6 Å². The summed E-state index contributed by atoms with van der Waals surface area (Å²) in [6, 6.07) is 1.32. The molecule has 0 radical (unpaired) electrons. The molecule has 1 aromatic rings. The van der Waals surface area contributed by atoms with Crippen molar-refractivity contribution < 1.29 is 8.42 Å². The first-order valence-corrected chi connectivity index (χ1v) is 5.91. The lowest BCUT2D eigenvalue weighted by Crippen LogP contribution is -2.17. The third kappa shape index (κ3) is 1.92. The van der Waals surface area contributed by atoms with E-state index in [9.17, 15) is 8.42 Å². The van der Waals surface area contributed by atoms with Crippen LogP contribution in [0.2, 0.25) is 9.36 Å². The van der Waals surface area contributed by atoms with Gasteiger partial charge in [0.05, 0.1) is 5.02 Å². The highest BCUT2D eigenvalue weighted by atomic mass is 35.5. The van der Waals surface area contributed by atoms with E-state index in [-0.39, 0.29) is 13.6 Å². The third-order valence-corrected chi connectivity index (χ3v) is 4.91. The molecule has 0 aromatic carbocycles. The van der Waals surface area contributed by atoms with E-state index in [2.05, 4.69) is 4.72 Å². The van der Waals surface area contributed by atoms with Gasteiger partial charge in [-0.25, -0.2) is 13.1 Å². The summed E-state index contributed by atoms with van der Waals surface area (Å²) in [6.07, 6.45) is 0. The number of halogens is 2. The Balaban J connectivity index is 3.22. The lowest BCUT2D eigenvalue weighted by atomic mass is 10.7. The molecule has 0 unspecified atom stereocenters. The number of rotatable bonds is 2. The van der Waals surface area contributed by atoms with Crippen LogP contribution in [-0.4, -0.2) is 15.5 Å². The highest BCUT2D eigenvalue weighted by molar-refractivity contribution is 7.91. The summed E-state index contributed by atoms with van der Waals surface area (Å²) in [4.78, 5) is 0. The average Bonchev–Trinajstić information content (AvgIpc) is 2.33. The molecule has 0 fully saturated rings. The van der Waals surface area contributed by atoms with Crippen molar-refractivity contribution in [3.63, 3.8) is 0 Å². The Morgan fingerprint density at radius 2 is 2.08 bits per heavy atom. The first-order valence-electron chi connectivity index (χ1n) is 2.86. The second kappa shape index (κ2) is 3.51. The Morgan fingerprint density at radius 1 is 1.50 bits per heavy atom. The van der Waals surface area contributed by atoms with Crippen molar-refractivity contribution in [1.29, 1.82) is 0 Å². The van der Waals surface area contributed by atoms with E-state index in [1.54, 1.807) is 0 Å². The highest BCUT2D eigenvalue weighted by Crippen LogP contribution is 2.33. The zero-order valence-electron chi connectivity index (χ0n) is 5.97. The van der Waals surface area contributed by atoms with Gasteiger partial charge in [0.15, 0.2) is 0 Å². The molecular weight excluding hydrogens is 241 g/mol. The van der Waals surface area contributed by atoms with Crippen molar-refractivity contribution in [3.8, 4) is 0 Å². The van der Waals surface area contributed by atoms with Crippen LogP contribution in [0.4, 0.5) is 0 Å². The van der Waals surface area contributed by atoms with Gasteiger partial charge in [-0.15, -0.1) is 11.3 Å². The van der Waals surface area contributed by atoms with Gasteiger partial charge in [0.25, 0.3) is 0 Å². The minimum atomic E-state index is -3.40. The standard InChI is InChI=1S/C5H5Cl2NO2S2/c1-8-12(9,10)4-2-3(6)5(7)11-4/h2,8H,1H3. The van der Waals surface area contributed by atoms with Gasteiger partial charge >= 0.3 is 0 Å². The van der Waals surface area contributed by atoms with Crippen LogP contribution in [0.25, 0.3) is 0 Å². The van der Waals surface area contributed by atoms with E-state index in [1.807, 2.05) is 0 Å². The normalized spacial score (nSPS) is 11.9. The molecule has 1 aromatic heterocycles. The zero-order valence-corrected chi connectivity index (χ0v) is 9.11. The van der Waals surface area contributed by atoms with Gasteiger partial charge in [-0.05, 0) is 13.1 Å². The molecule has 3 nitrogen and oxygen atoms in total. The summed E-state index contributed by atoms with van der Waals surface area (Å²) in [7, 11) is -2.07. The van der Waals surface area contributed by atoms with Crippen LogP contribution in [0.1, 0.15) is 0 Å². The van der Waals surface area contributed by atoms with Crippen LogP contribution in [-0.2, 0) is 10.0 Å². The summed E-state index contributed by atoms with van der Waals surface area (Å²) in [5, 5.41) is 0.260. The van der Waals surface area contributed by atoms with Crippen molar-refractivity contribution in [1.82, 2.24) is 4.72 Å². The Labute approximate surface area is 84.4 Å².